The van der Waals surface area contributed by atoms with E-state index in [4.69, 9.17) is 14.6 Å². The maximum atomic E-state index is 12.7. The van der Waals surface area contributed by atoms with Crippen LogP contribution in [0.4, 0.5) is 0 Å². The van der Waals surface area contributed by atoms with Crippen LogP contribution >= 0.6 is 11.9 Å². The minimum atomic E-state index is -3.81. The van der Waals surface area contributed by atoms with Crippen molar-refractivity contribution < 1.29 is 27.2 Å². The molecule has 0 fully saturated rings. The van der Waals surface area contributed by atoms with Gasteiger partial charge in [0.25, 0.3) is 5.91 Å². The van der Waals surface area contributed by atoms with E-state index in [-0.39, 0.29) is 34.1 Å². The predicted octanol–water partition coefficient (Wildman–Crippen LogP) is 3.52. The molecule has 1 N–H and O–H groups in total. The normalized spacial score (nSPS) is 17.2. The fourth-order valence-corrected chi connectivity index (χ4v) is 5.20. The molecule has 0 bridgehead atoms. The van der Waals surface area contributed by atoms with Crippen LogP contribution < -0.4 is 0 Å². The van der Waals surface area contributed by atoms with Crippen molar-refractivity contribution in [3.63, 3.8) is 0 Å². The van der Waals surface area contributed by atoms with Crippen LogP contribution in [0.2, 0.25) is 0 Å². The number of hydrogen-bond acceptors (Lipinski definition) is 9. The van der Waals surface area contributed by atoms with E-state index in [0.29, 0.717) is 16.9 Å². The Morgan fingerprint density at radius 1 is 1.29 bits per heavy atom. The summed E-state index contributed by atoms with van der Waals surface area (Å²) in [5, 5.41) is 7.42. The van der Waals surface area contributed by atoms with Crippen molar-refractivity contribution in [1.82, 2.24) is 4.90 Å². The van der Waals surface area contributed by atoms with Gasteiger partial charge in [-0.05, 0) is 51.1 Å². The number of sulfone groups is 1. The Morgan fingerprint density at radius 3 is 2.76 bits per heavy atom. The second kappa shape index (κ2) is 9.03. The molecule has 176 valence electrons. The molecule has 1 aromatic heterocycles. The minimum absolute atomic E-state index is 0.0160. The summed E-state index contributed by atoms with van der Waals surface area (Å²) in [4.78, 5) is 29.5. The third-order valence-corrected chi connectivity index (χ3v) is 7.78. The van der Waals surface area contributed by atoms with Gasteiger partial charge in [0.05, 0.1) is 34.9 Å². The lowest BCUT2D eigenvalue weighted by atomic mass is 10.1. The van der Waals surface area contributed by atoms with Crippen molar-refractivity contribution in [3.05, 3.63) is 53.3 Å². The van der Waals surface area contributed by atoms with Crippen LogP contribution in [0, 0.1) is 5.41 Å². The number of fused-ring (bicyclic) bond motifs is 1. The maximum absolute atomic E-state index is 12.7. The smallest absolute Gasteiger partial charge is 0.338 e. The van der Waals surface area contributed by atoms with Crippen molar-refractivity contribution in [3.8, 4) is 11.3 Å². The highest BCUT2D eigenvalue weighted by Gasteiger charge is 2.43. The van der Waals surface area contributed by atoms with Gasteiger partial charge in [0.15, 0.2) is 0 Å². The number of furan rings is 1. The average molecular weight is 501 g/mol. The lowest BCUT2D eigenvalue weighted by Crippen LogP contribution is -2.46. The van der Waals surface area contributed by atoms with E-state index in [1.54, 1.807) is 43.3 Å². The molecule has 3 heterocycles. The topological polar surface area (TPSA) is 142 Å². The van der Waals surface area contributed by atoms with Gasteiger partial charge < -0.3 is 9.15 Å². The highest BCUT2D eigenvalue weighted by molar-refractivity contribution is 8.16. The molecule has 2 aromatic rings. The number of amidine groups is 3. The molecule has 1 amide bonds. The summed E-state index contributed by atoms with van der Waals surface area (Å²) in [6, 6.07) is 9.95. The van der Waals surface area contributed by atoms with E-state index in [9.17, 15) is 18.0 Å². The first-order valence-corrected chi connectivity index (χ1v) is 12.6. The standard InChI is InChI=1S/C22H20N4O6S2/c1-4-31-20(28)14-7-5-6-13(10-14)17-9-8-15(32-17)11-16-18(23)26-21(24-19(16)27)33-25-22(26)34(29,30)12(2)3/h5-12,23H,4H2,1-3H3/b16-11-,23-18?. The molecule has 2 aliphatic heterocycles. The van der Waals surface area contributed by atoms with Crippen LogP contribution in [0.1, 0.15) is 36.9 Å². The summed E-state index contributed by atoms with van der Waals surface area (Å²) in [6.45, 7) is 4.99. The fourth-order valence-electron chi connectivity index (χ4n) is 3.14. The predicted molar refractivity (Wildman–Crippen MR) is 129 cm³/mol. The molecule has 0 saturated carbocycles. The van der Waals surface area contributed by atoms with E-state index in [0.717, 1.165) is 16.8 Å². The van der Waals surface area contributed by atoms with E-state index >= 15 is 0 Å². The largest absolute Gasteiger partial charge is 0.462 e. The monoisotopic (exact) mass is 500 g/mol. The third-order valence-electron chi connectivity index (χ3n) is 4.94. The quantitative estimate of drug-likeness (QED) is 0.373. The number of benzene rings is 1. The molecule has 4 rings (SSSR count). The number of esters is 1. The van der Waals surface area contributed by atoms with Gasteiger partial charge in [-0.15, -0.1) is 0 Å². The molecule has 1 aromatic carbocycles. The fraction of sp³-hybridized carbons (Fsp3) is 0.227. The molecule has 0 aliphatic carbocycles. The van der Waals surface area contributed by atoms with Gasteiger partial charge in [-0.25, -0.2) is 18.1 Å². The van der Waals surface area contributed by atoms with E-state index < -0.39 is 27.0 Å². The van der Waals surface area contributed by atoms with Crippen LogP contribution in [0.3, 0.4) is 0 Å². The van der Waals surface area contributed by atoms with Crippen LogP contribution in [-0.4, -0.2) is 53.2 Å². The van der Waals surface area contributed by atoms with Gasteiger partial charge in [-0.2, -0.15) is 9.39 Å². The SMILES string of the molecule is CCOC(=O)c1cccc(-c2ccc(/C=C3/C(=N)N4C(=NC3=O)SN=C4S(=O)(=O)C(C)C)o2)c1. The van der Waals surface area contributed by atoms with Crippen molar-refractivity contribution in [2.24, 2.45) is 9.39 Å². The Bertz CT molecular complexity index is 1400. The minimum Gasteiger partial charge on any atom is -0.462 e. The number of hydrogen-bond donors (Lipinski definition) is 1. The van der Waals surface area contributed by atoms with Crippen LogP contribution in [0.5, 0.6) is 0 Å². The van der Waals surface area contributed by atoms with Gasteiger partial charge in [-0.1, -0.05) is 12.1 Å². The Hall–Kier alpha value is -3.51. The Kier molecular flexibility index (Phi) is 6.28. The third kappa shape index (κ3) is 4.21. The number of nitrogens with zero attached hydrogens (tertiary/aromatic N) is 3. The van der Waals surface area contributed by atoms with Gasteiger partial charge in [0, 0.05) is 5.56 Å². The van der Waals surface area contributed by atoms with Crippen LogP contribution in [0.15, 0.2) is 55.8 Å². The van der Waals surface area contributed by atoms with E-state index in [2.05, 4.69) is 9.39 Å². The van der Waals surface area contributed by atoms with Crippen LogP contribution in [0.25, 0.3) is 17.4 Å². The van der Waals surface area contributed by atoms with E-state index in [1.165, 1.54) is 19.9 Å². The summed E-state index contributed by atoms with van der Waals surface area (Å²) < 4.78 is 40.1. The molecule has 0 radical (unpaired) electrons. The molecule has 12 heteroatoms. The summed E-state index contributed by atoms with van der Waals surface area (Å²) in [7, 11) is -3.81. The average Bonchev–Trinajstić information content (AvgIpc) is 3.44. The first-order valence-electron chi connectivity index (χ1n) is 10.2. The molecular weight excluding hydrogens is 480 g/mol. The highest BCUT2D eigenvalue weighted by Crippen LogP contribution is 2.32. The number of ether oxygens (including phenoxy) is 1. The van der Waals surface area contributed by atoms with Crippen molar-refractivity contribution in [2.45, 2.75) is 26.0 Å². The van der Waals surface area contributed by atoms with Gasteiger partial charge in [-0.3, -0.25) is 10.2 Å². The van der Waals surface area contributed by atoms with Crippen LogP contribution in [-0.2, 0) is 19.4 Å². The summed E-state index contributed by atoms with van der Waals surface area (Å²) >= 11 is 0.738. The van der Waals surface area contributed by atoms with Gasteiger partial charge in [0.1, 0.15) is 17.4 Å². The maximum Gasteiger partial charge on any atom is 0.338 e. The molecule has 0 unspecified atom stereocenters. The highest BCUT2D eigenvalue weighted by atomic mass is 32.2. The first kappa shape index (κ1) is 23.6. The second-order valence-corrected chi connectivity index (χ2v) is 10.6. The number of carbonyl (C=O) groups excluding carboxylic acids is 2. The molecule has 0 saturated heterocycles. The molecule has 34 heavy (non-hydrogen) atoms. The summed E-state index contributed by atoms with van der Waals surface area (Å²) in [5.41, 5.74) is 0.847. The molecular formula is C22H20N4O6S2. The second-order valence-electron chi connectivity index (χ2n) is 7.50. The molecule has 0 atom stereocenters. The van der Waals surface area contributed by atoms with Crippen molar-refractivity contribution >= 4 is 55.9 Å². The molecule has 0 spiro atoms. The number of carbonyl (C=O) groups is 2. The number of rotatable bonds is 5. The Labute approximate surface area is 200 Å². The number of amides is 1. The summed E-state index contributed by atoms with van der Waals surface area (Å²) in [5.74, 6) is -0.834. The Balaban J connectivity index is 1.65. The van der Waals surface area contributed by atoms with Gasteiger partial charge in [0.2, 0.25) is 20.2 Å². The lowest BCUT2D eigenvalue weighted by Gasteiger charge is -2.25. The van der Waals surface area contributed by atoms with Crippen molar-refractivity contribution in [2.75, 3.05) is 6.61 Å². The zero-order valence-electron chi connectivity index (χ0n) is 18.4. The zero-order valence-corrected chi connectivity index (χ0v) is 20.1. The summed E-state index contributed by atoms with van der Waals surface area (Å²) in [6.07, 6.45) is 1.33. The van der Waals surface area contributed by atoms with Gasteiger partial charge >= 0.3 is 5.97 Å². The Morgan fingerprint density at radius 2 is 2.06 bits per heavy atom. The lowest BCUT2D eigenvalue weighted by molar-refractivity contribution is -0.114. The van der Waals surface area contributed by atoms with E-state index in [1.807, 2.05) is 0 Å². The first-order chi connectivity index (χ1) is 16.1. The zero-order chi connectivity index (χ0) is 24.6. The van der Waals surface area contributed by atoms with Crippen molar-refractivity contribution in [1.29, 1.82) is 5.41 Å². The molecule has 10 nitrogen and oxygen atoms in total. The number of nitrogens with one attached hydrogen (secondary N) is 1. The molecule has 2 aliphatic rings. The number of aliphatic imine (C=N–C) groups is 1.